The molecule has 5 heteroatoms. The van der Waals surface area contributed by atoms with E-state index in [1.165, 1.54) is 4.90 Å². The molecule has 2 amide bonds. The number of rotatable bonds is 6. The van der Waals surface area contributed by atoms with Crippen LogP contribution in [0.1, 0.15) is 41.0 Å². The van der Waals surface area contributed by atoms with Gasteiger partial charge in [0, 0.05) is 31.6 Å². The second-order valence-electron chi connectivity index (χ2n) is 5.91. The van der Waals surface area contributed by atoms with Crippen LogP contribution >= 0.6 is 0 Å². The monoisotopic (exact) mass is 257 g/mol. The van der Waals surface area contributed by atoms with Crippen molar-refractivity contribution in [2.45, 2.75) is 52.6 Å². The zero-order chi connectivity index (χ0) is 14.3. The van der Waals surface area contributed by atoms with Crippen LogP contribution in [-0.2, 0) is 9.59 Å². The summed E-state index contributed by atoms with van der Waals surface area (Å²) in [4.78, 5) is 24.8. The molecule has 0 aromatic carbocycles. The van der Waals surface area contributed by atoms with E-state index in [-0.39, 0.29) is 23.9 Å². The van der Waals surface area contributed by atoms with Crippen LogP contribution in [0, 0.1) is 0 Å². The number of nitrogens with one attached hydrogen (secondary N) is 2. The average Bonchev–Trinajstić information content (AvgIpc) is 2.13. The Morgan fingerprint density at radius 1 is 1.22 bits per heavy atom. The van der Waals surface area contributed by atoms with Gasteiger partial charge in [0.05, 0.1) is 6.54 Å². The minimum absolute atomic E-state index is 0.0211. The molecule has 0 unspecified atom stereocenters. The fraction of sp³-hybridized carbons (Fsp3) is 0.846. The van der Waals surface area contributed by atoms with E-state index in [2.05, 4.69) is 10.6 Å². The van der Waals surface area contributed by atoms with Gasteiger partial charge in [-0.05, 0) is 20.8 Å². The minimum Gasteiger partial charge on any atom is -0.350 e. The standard InChI is InChI=1S/C13H27N3O2/c1-10(2)14-8-7-12(18)16(6)9-11(17)15-13(3,4)5/h10,14H,7-9H2,1-6H3,(H,15,17). The van der Waals surface area contributed by atoms with Crippen LogP contribution in [0.25, 0.3) is 0 Å². The summed E-state index contributed by atoms with van der Waals surface area (Å²) >= 11 is 0. The Kier molecular flexibility index (Phi) is 6.91. The molecule has 0 saturated heterocycles. The number of hydrogen-bond acceptors (Lipinski definition) is 3. The van der Waals surface area contributed by atoms with Crippen molar-refractivity contribution in [3.8, 4) is 0 Å². The van der Waals surface area contributed by atoms with Gasteiger partial charge in [0.15, 0.2) is 0 Å². The third-order valence-electron chi connectivity index (χ3n) is 2.21. The van der Waals surface area contributed by atoms with Crippen LogP contribution in [0.2, 0.25) is 0 Å². The van der Waals surface area contributed by atoms with Crippen molar-refractivity contribution in [3.63, 3.8) is 0 Å². The second kappa shape index (κ2) is 7.36. The van der Waals surface area contributed by atoms with Crippen LogP contribution in [-0.4, -0.2) is 48.4 Å². The van der Waals surface area contributed by atoms with E-state index in [9.17, 15) is 9.59 Å². The number of carbonyl (C=O) groups is 2. The molecule has 0 saturated carbocycles. The molecule has 0 atom stereocenters. The minimum atomic E-state index is -0.264. The average molecular weight is 257 g/mol. The molecule has 106 valence electrons. The van der Waals surface area contributed by atoms with E-state index in [1.807, 2.05) is 34.6 Å². The Bertz CT molecular complexity index is 282. The molecule has 0 spiro atoms. The van der Waals surface area contributed by atoms with Crippen molar-refractivity contribution in [1.29, 1.82) is 0 Å². The van der Waals surface area contributed by atoms with Crippen LogP contribution in [0.5, 0.6) is 0 Å². The second-order valence-corrected chi connectivity index (χ2v) is 5.91. The van der Waals surface area contributed by atoms with Crippen molar-refractivity contribution in [2.24, 2.45) is 0 Å². The molecule has 0 heterocycles. The molecular formula is C13H27N3O2. The van der Waals surface area contributed by atoms with Gasteiger partial charge in [0.25, 0.3) is 0 Å². The van der Waals surface area contributed by atoms with Gasteiger partial charge in [-0.15, -0.1) is 0 Å². The Labute approximate surface area is 110 Å². The van der Waals surface area contributed by atoms with Crippen molar-refractivity contribution in [3.05, 3.63) is 0 Å². The summed E-state index contributed by atoms with van der Waals surface area (Å²) in [6, 6.07) is 0.368. The first-order chi connectivity index (χ1) is 8.11. The predicted octanol–water partition coefficient (Wildman–Crippen LogP) is 0.748. The van der Waals surface area contributed by atoms with Crippen LogP contribution in [0.15, 0.2) is 0 Å². The SMILES string of the molecule is CC(C)NCCC(=O)N(C)CC(=O)NC(C)(C)C. The normalized spacial score (nSPS) is 11.5. The fourth-order valence-corrected chi connectivity index (χ4v) is 1.42. The lowest BCUT2D eigenvalue weighted by Gasteiger charge is -2.23. The lowest BCUT2D eigenvalue weighted by atomic mass is 10.1. The van der Waals surface area contributed by atoms with Gasteiger partial charge in [-0.3, -0.25) is 9.59 Å². The number of likely N-dealkylation sites (N-methyl/N-ethyl adjacent to an activating group) is 1. The van der Waals surface area contributed by atoms with E-state index < -0.39 is 0 Å². The maximum absolute atomic E-state index is 11.7. The molecule has 0 aromatic rings. The zero-order valence-electron chi connectivity index (χ0n) is 12.5. The Hall–Kier alpha value is -1.10. The van der Waals surface area contributed by atoms with E-state index >= 15 is 0 Å². The predicted molar refractivity (Wildman–Crippen MR) is 73.3 cm³/mol. The van der Waals surface area contributed by atoms with Crippen LogP contribution in [0.3, 0.4) is 0 Å². The Balaban J connectivity index is 3.97. The molecule has 2 N–H and O–H groups in total. The lowest BCUT2D eigenvalue weighted by Crippen LogP contribution is -2.46. The van der Waals surface area contributed by atoms with Gasteiger partial charge in [0.1, 0.15) is 0 Å². The maximum Gasteiger partial charge on any atom is 0.240 e. The third-order valence-corrected chi connectivity index (χ3v) is 2.21. The smallest absolute Gasteiger partial charge is 0.240 e. The van der Waals surface area contributed by atoms with E-state index in [0.29, 0.717) is 19.0 Å². The number of hydrogen-bond donors (Lipinski definition) is 2. The van der Waals surface area contributed by atoms with Crippen LogP contribution < -0.4 is 10.6 Å². The number of nitrogens with zero attached hydrogens (tertiary/aromatic N) is 1. The first-order valence-electron chi connectivity index (χ1n) is 6.40. The topological polar surface area (TPSA) is 61.4 Å². The summed E-state index contributed by atoms with van der Waals surface area (Å²) < 4.78 is 0. The Morgan fingerprint density at radius 2 is 1.78 bits per heavy atom. The molecule has 5 nitrogen and oxygen atoms in total. The van der Waals surface area contributed by atoms with Gasteiger partial charge in [-0.1, -0.05) is 13.8 Å². The van der Waals surface area contributed by atoms with Gasteiger partial charge in [-0.25, -0.2) is 0 Å². The highest BCUT2D eigenvalue weighted by Crippen LogP contribution is 1.99. The molecule has 0 aliphatic carbocycles. The Morgan fingerprint density at radius 3 is 2.22 bits per heavy atom. The van der Waals surface area contributed by atoms with E-state index in [1.54, 1.807) is 7.05 Å². The highest BCUT2D eigenvalue weighted by atomic mass is 16.2. The molecule has 0 bridgehead atoms. The van der Waals surface area contributed by atoms with Crippen molar-refractivity contribution in [1.82, 2.24) is 15.5 Å². The first kappa shape index (κ1) is 16.9. The highest BCUT2D eigenvalue weighted by molar-refractivity contribution is 5.85. The molecule has 0 fully saturated rings. The summed E-state index contributed by atoms with van der Waals surface area (Å²) in [5.74, 6) is -0.151. The summed E-state index contributed by atoms with van der Waals surface area (Å²) in [6.45, 7) is 10.6. The van der Waals surface area contributed by atoms with Crippen molar-refractivity contribution < 1.29 is 9.59 Å². The molecule has 0 aromatic heterocycles. The molecule has 0 radical (unpaired) electrons. The fourth-order valence-electron chi connectivity index (χ4n) is 1.42. The summed E-state index contributed by atoms with van der Waals surface area (Å²) in [5.41, 5.74) is -0.264. The lowest BCUT2D eigenvalue weighted by molar-refractivity contribution is -0.135. The van der Waals surface area contributed by atoms with Crippen molar-refractivity contribution in [2.75, 3.05) is 20.1 Å². The molecule has 18 heavy (non-hydrogen) atoms. The van der Waals surface area contributed by atoms with Gasteiger partial charge < -0.3 is 15.5 Å². The highest BCUT2D eigenvalue weighted by Gasteiger charge is 2.17. The zero-order valence-corrected chi connectivity index (χ0v) is 12.5. The van der Waals surface area contributed by atoms with Gasteiger partial charge in [-0.2, -0.15) is 0 Å². The molecule has 0 aliphatic heterocycles. The largest absolute Gasteiger partial charge is 0.350 e. The van der Waals surface area contributed by atoms with Gasteiger partial charge in [0.2, 0.25) is 11.8 Å². The van der Waals surface area contributed by atoms with Crippen LogP contribution in [0.4, 0.5) is 0 Å². The quantitative estimate of drug-likeness (QED) is 0.738. The molecule has 0 aliphatic rings. The first-order valence-corrected chi connectivity index (χ1v) is 6.40. The summed E-state index contributed by atoms with van der Waals surface area (Å²) in [5, 5.41) is 6.01. The summed E-state index contributed by atoms with van der Waals surface area (Å²) in [7, 11) is 1.65. The molecular weight excluding hydrogens is 230 g/mol. The maximum atomic E-state index is 11.7. The van der Waals surface area contributed by atoms with Gasteiger partial charge >= 0.3 is 0 Å². The third kappa shape index (κ3) is 8.98. The summed E-state index contributed by atoms with van der Waals surface area (Å²) in [6.07, 6.45) is 0.414. The number of carbonyl (C=O) groups excluding carboxylic acids is 2. The van der Waals surface area contributed by atoms with E-state index in [0.717, 1.165) is 0 Å². The van der Waals surface area contributed by atoms with Crippen molar-refractivity contribution >= 4 is 11.8 Å². The molecule has 0 rings (SSSR count). The van der Waals surface area contributed by atoms with E-state index in [4.69, 9.17) is 0 Å². The number of amides is 2.